The highest BCUT2D eigenvalue weighted by Crippen LogP contribution is 2.29. The number of fused-ring (bicyclic) bond motifs is 1. The number of likely N-dealkylation sites (tertiary alicyclic amines) is 1. The van der Waals surface area contributed by atoms with Crippen LogP contribution in [0.4, 0.5) is 13.2 Å². The summed E-state index contributed by atoms with van der Waals surface area (Å²) in [5, 5.41) is 0. The summed E-state index contributed by atoms with van der Waals surface area (Å²) in [6.45, 7) is 6.44. The van der Waals surface area contributed by atoms with Gasteiger partial charge in [-0.15, -0.1) is 13.2 Å². The third kappa shape index (κ3) is 4.90. The van der Waals surface area contributed by atoms with Crippen molar-refractivity contribution in [3.8, 4) is 5.75 Å². The second-order valence-electron chi connectivity index (χ2n) is 8.06. The van der Waals surface area contributed by atoms with E-state index in [2.05, 4.69) is 51.1 Å². The summed E-state index contributed by atoms with van der Waals surface area (Å²) in [7, 11) is 2.16. The first-order valence-corrected chi connectivity index (χ1v) is 10.3. The van der Waals surface area contributed by atoms with E-state index in [4.69, 9.17) is 0 Å². The standard InChI is InChI=1S/C23H25F3N4O/c1-15-12-17(16(2)30(15)19-8-10-29(3)11-9-19)4-5-18-14-27-21-7-6-20(13-22(21)28-18)31-23(24,25)26/h4-7,12-14,19H,8-11H2,1-3H3/b5-4+. The van der Waals surface area contributed by atoms with Gasteiger partial charge in [0.1, 0.15) is 5.75 Å². The lowest BCUT2D eigenvalue weighted by molar-refractivity contribution is -0.274. The predicted molar refractivity (Wildman–Crippen MR) is 115 cm³/mol. The van der Waals surface area contributed by atoms with Crippen molar-refractivity contribution in [2.75, 3.05) is 20.1 Å². The van der Waals surface area contributed by atoms with Crippen molar-refractivity contribution < 1.29 is 17.9 Å². The van der Waals surface area contributed by atoms with E-state index in [0.717, 1.165) is 31.5 Å². The van der Waals surface area contributed by atoms with Gasteiger partial charge in [-0.05, 0) is 76.7 Å². The molecule has 1 aliphatic heterocycles. The lowest BCUT2D eigenvalue weighted by Gasteiger charge is -2.31. The number of hydrogen-bond acceptors (Lipinski definition) is 4. The van der Waals surface area contributed by atoms with Gasteiger partial charge in [0.15, 0.2) is 0 Å². The zero-order valence-electron chi connectivity index (χ0n) is 17.8. The summed E-state index contributed by atoms with van der Waals surface area (Å²) in [4.78, 5) is 11.1. The molecule has 5 nitrogen and oxygen atoms in total. The summed E-state index contributed by atoms with van der Waals surface area (Å²) < 4.78 is 43.8. The molecule has 0 spiro atoms. The number of hydrogen-bond donors (Lipinski definition) is 0. The van der Waals surface area contributed by atoms with Crippen LogP contribution >= 0.6 is 0 Å². The minimum atomic E-state index is -4.74. The lowest BCUT2D eigenvalue weighted by Crippen LogP contribution is -2.32. The van der Waals surface area contributed by atoms with Crippen LogP contribution in [-0.4, -0.2) is 45.9 Å². The van der Waals surface area contributed by atoms with E-state index in [1.54, 1.807) is 6.20 Å². The topological polar surface area (TPSA) is 43.2 Å². The van der Waals surface area contributed by atoms with Gasteiger partial charge in [-0.25, -0.2) is 4.98 Å². The van der Waals surface area contributed by atoms with Crippen molar-refractivity contribution in [2.24, 2.45) is 0 Å². The zero-order valence-corrected chi connectivity index (χ0v) is 17.8. The zero-order chi connectivity index (χ0) is 22.2. The average molecular weight is 430 g/mol. The quantitative estimate of drug-likeness (QED) is 0.557. The van der Waals surface area contributed by atoms with Crippen LogP contribution in [0, 0.1) is 13.8 Å². The van der Waals surface area contributed by atoms with Crippen LogP contribution in [0.25, 0.3) is 23.2 Å². The minimum Gasteiger partial charge on any atom is -0.406 e. The molecule has 0 aliphatic carbocycles. The highest BCUT2D eigenvalue weighted by molar-refractivity contribution is 5.78. The Kier molecular flexibility index (Phi) is 5.75. The number of aromatic nitrogens is 3. The molecule has 1 fully saturated rings. The maximum atomic E-state index is 12.5. The van der Waals surface area contributed by atoms with Gasteiger partial charge in [0, 0.05) is 23.5 Å². The van der Waals surface area contributed by atoms with Gasteiger partial charge in [0.25, 0.3) is 0 Å². The number of nitrogens with zero attached hydrogens (tertiary/aromatic N) is 4. The molecule has 8 heteroatoms. The molecule has 0 unspecified atom stereocenters. The van der Waals surface area contributed by atoms with Crippen molar-refractivity contribution in [2.45, 2.75) is 39.1 Å². The van der Waals surface area contributed by atoms with Crippen molar-refractivity contribution in [1.29, 1.82) is 0 Å². The maximum absolute atomic E-state index is 12.5. The largest absolute Gasteiger partial charge is 0.573 e. The Hall–Kier alpha value is -2.87. The van der Waals surface area contributed by atoms with Gasteiger partial charge >= 0.3 is 6.36 Å². The second kappa shape index (κ2) is 8.34. The number of benzene rings is 1. The molecule has 1 aliphatic rings. The fourth-order valence-electron chi connectivity index (χ4n) is 4.24. The van der Waals surface area contributed by atoms with Gasteiger partial charge in [0.05, 0.1) is 22.9 Å². The fraction of sp³-hybridized carbons (Fsp3) is 0.391. The Balaban J connectivity index is 1.57. The molecule has 0 saturated carbocycles. The van der Waals surface area contributed by atoms with E-state index in [9.17, 15) is 13.2 Å². The third-order valence-electron chi connectivity index (χ3n) is 5.78. The minimum absolute atomic E-state index is 0.308. The average Bonchev–Trinajstić information content (AvgIpc) is 2.99. The van der Waals surface area contributed by atoms with Crippen LogP contribution in [0.2, 0.25) is 0 Å². The smallest absolute Gasteiger partial charge is 0.406 e. The molecule has 4 rings (SSSR count). The molecule has 1 aromatic carbocycles. The fourth-order valence-corrected chi connectivity index (χ4v) is 4.24. The Morgan fingerprint density at radius 3 is 2.52 bits per heavy atom. The second-order valence-corrected chi connectivity index (χ2v) is 8.06. The molecular formula is C23H25F3N4O. The molecule has 1 saturated heterocycles. The van der Waals surface area contributed by atoms with Crippen LogP contribution in [-0.2, 0) is 0 Å². The first-order valence-electron chi connectivity index (χ1n) is 10.3. The molecule has 3 heterocycles. The summed E-state index contributed by atoms with van der Waals surface area (Å²) in [5.74, 6) is -0.308. The summed E-state index contributed by atoms with van der Waals surface area (Å²) >= 11 is 0. The lowest BCUT2D eigenvalue weighted by atomic mass is 10.0. The monoisotopic (exact) mass is 430 g/mol. The van der Waals surface area contributed by atoms with E-state index in [1.165, 1.54) is 29.6 Å². The van der Waals surface area contributed by atoms with Gasteiger partial charge in [-0.3, -0.25) is 4.98 Å². The molecule has 2 aromatic heterocycles. The predicted octanol–water partition coefficient (Wildman–Crippen LogP) is 5.38. The number of rotatable bonds is 4. The Morgan fingerprint density at radius 2 is 1.81 bits per heavy atom. The molecule has 0 N–H and O–H groups in total. The molecule has 3 aromatic rings. The molecule has 164 valence electrons. The molecule has 0 radical (unpaired) electrons. The summed E-state index contributed by atoms with van der Waals surface area (Å²) in [6.07, 6.45) is 2.96. The van der Waals surface area contributed by atoms with E-state index in [0.29, 0.717) is 22.8 Å². The van der Waals surface area contributed by atoms with E-state index >= 15 is 0 Å². The van der Waals surface area contributed by atoms with E-state index in [-0.39, 0.29) is 5.75 Å². The highest BCUT2D eigenvalue weighted by atomic mass is 19.4. The van der Waals surface area contributed by atoms with E-state index < -0.39 is 6.36 Å². The van der Waals surface area contributed by atoms with Crippen LogP contribution < -0.4 is 4.74 Å². The highest BCUT2D eigenvalue weighted by Gasteiger charge is 2.31. The van der Waals surface area contributed by atoms with Crippen LogP contribution in [0.5, 0.6) is 5.75 Å². The first kappa shape index (κ1) is 21.4. The Morgan fingerprint density at radius 1 is 1.06 bits per heavy atom. The SMILES string of the molecule is Cc1cc(/C=C/c2cnc3ccc(OC(F)(F)F)cc3n2)c(C)n1C1CCN(C)CC1. The number of halogens is 3. The van der Waals surface area contributed by atoms with Crippen LogP contribution in [0.3, 0.4) is 0 Å². The normalized spacial score (nSPS) is 16.5. The molecular weight excluding hydrogens is 405 g/mol. The Labute approximate surface area is 179 Å². The van der Waals surface area contributed by atoms with Gasteiger partial charge < -0.3 is 14.2 Å². The van der Waals surface area contributed by atoms with Crippen molar-refractivity contribution in [3.05, 3.63) is 53.1 Å². The maximum Gasteiger partial charge on any atom is 0.573 e. The summed E-state index contributed by atoms with van der Waals surface area (Å²) in [6, 6.07) is 6.61. The number of alkyl halides is 3. The van der Waals surface area contributed by atoms with Gasteiger partial charge in [0.2, 0.25) is 0 Å². The van der Waals surface area contributed by atoms with Crippen molar-refractivity contribution >= 4 is 23.2 Å². The van der Waals surface area contributed by atoms with Crippen molar-refractivity contribution in [3.63, 3.8) is 0 Å². The third-order valence-corrected chi connectivity index (χ3v) is 5.78. The summed E-state index contributed by atoms with van der Waals surface area (Å²) in [5.41, 5.74) is 4.96. The van der Waals surface area contributed by atoms with Gasteiger partial charge in [-0.2, -0.15) is 0 Å². The molecule has 0 amide bonds. The van der Waals surface area contributed by atoms with Crippen LogP contribution in [0.15, 0.2) is 30.5 Å². The molecule has 0 bridgehead atoms. The van der Waals surface area contributed by atoms with Crippen LogP contribution in [0.1, 0.15) is 41.5 Å². The van der Waals surface area contributed by atoms with Crippen molar-refractivity contribution in [1.82, 2.24) is 19.4 Å². The Bertz CT molecular complexity index is 1110. The van der Waals surface area contributed by atoms with Gasteiger partial charge in [-0.1, -0.05) is 6.08 Å². The number of ether oxygens (including phenoxy) is 1. The molecule has 0 atom stereocenters. The number of piperidine rings is 1. The first-order chi connectivity index (χ1) is 14.7. The van der Waals surface area contributed by atoms with E-state index in [1.807, 2.05) is 12.2 Å². The molecule has 31 heavy (non-hydrogen) atoms. The number of aryl methyl sites for hydroxylation is 1.